The normalized spacial score (nSPS) is 11.7. The molecule has 3 aromatic rings. The van der Waals surface area contributed by atoms with Crippen molar-refractivity contribution in [2.45, 2.75) is 13.2 Å². The highest BCUT2D eigenvalue weighted by Gasteiger charge is 2.11. The summed E-state index contributed by atoms with van der Waals surface area (Å²) < 4.78 is 2.30. The third kappa shape index (κ3) is 3.44. The third-order valence-corrected chi connectivity index (χ3v) is 3.89. The highest BCUT2D eigenvalue weighted by Crippen LogP contribution is 2.29. The van der Waals surface area contributed by atoms with Gasteiger partial charge in [0.25, 0.3) is 0 Å². The summed E-state index contributed by atoms with van der Waals surface area (Å²) in [4.78, 5) is 8.66. The molecule has 3 rings (SSSR count). The molecule has 0 atom stereocenters. The van der Waals surface area contributed by atoms with Gasteiger partial charge in [0.2, 0.25) is 0 Å². The Hall–Kier alpha value is -2.17. The van der Waals surface area contributed by atoms with Crippen LogP contribution in [0.3, 0.4) is 0 Å². The summed E-state index contributed by atoms with van der Waals surface area (Å²) in [7, 11) is 8.41. The van der Waals surface area contributed by atoms with E-state index in [1.807, 2.05) is 18.5 Å². The van der Waals surface area contributed by atoms with Gasteiger partial charge < -0.3 is 9.47 Å². The maximum absolute atomic E-state index is 4.26. The minimum atomic E-state index is 0.876. The van der Waals surface area contributed by atoms with E-state index in [1.165, 1.54) is 22.0 Å². The largest absolute Gasteiger partial charge is 0.334 e. The molecule has 4 heteroatoms. The van der Waals surface area contributed by atoms with Crippen molar-refractivity contribution in [3.05, 3.63) is 54.5 Å². The number of aromatic nitrogens is 2. The van der Waals surface area contributed by atoms with Crippen LogP contribution in [0.1, 0.15) is 5.56 Å². The second kappa shape index (κ2) is 6.52. The van der Waals surface area contributed by atoms with Gasteiger partial charge in [-0.2, -0.15) is 0 Å². The zero-order valence-electron chi connectivity index (χ0n) is 14.3. The lowest BCUT2D eigenvalue weighted by Gasteiger charge is -2.16. The predicted octanol–water partition coefficient (Wildman–Crippen LogP) is 3.28. The van der Waals surface area contributed by atoms with E-state index in [-0.39, 0.29) is 0 Å². The number of rotatable bonds is 5. The van der Waals surface area contributed by atoms with E-state index in [0.717, 1.165) is 18.8 Å². The summed E-state index contributed by atoms with van der Waals surface area (Å²) in [5, 5.41) is 1.33. The number of benzene rings is 1. The topological polar surface area (TPSA) is 24.3 Å². The van der Waals surface area contributed by atoms with Gasteiger partial charge >= 0.3 is 0 Å². The molecule has 120 valence electrons. The van der Waals surface area contributed by atoms with Crippen LogP contribution in [0.15, 0.2) is 48.9 Å². The van der Waals surface area contributed by atoms with Crippen molar-refractivity contribution in [2.75, 3.05) is 28.2 Å². The fourth-order valence-corrected chi connectivity index (χ4v) is 2.97. The quantitative estimate of drug-likeness (QED) is 0.723. The average Bonchev–Trinajstić information content (AvgIpc) is 2.90. The second-order valence-electron chi connectivity index (χ2n) is 6.55. The monoisotopic (exact) mass is 308 g/mol. The molecule has 2 heterocycles. The minimum Gasteiger partial charge on any atom is -0.334 e. The van der Waals surface area contributed by atoms with Crippen LogP contribution in [0.5, 0.6) is 0 Å². The van der Waals surface area contributed by atoms with E-state index < -0.39 is 0 Å². The molecular weight excluding hydrogens is 284 g/mol. The van der Waals surface area contributed by atoms with E-state index in [1.54, 1.807) is 0 Å². The smallest absolute Gasteiger partial charge is 0.0746 e. The molecule has 0 aliphatic heterocycles. The van der Waals surface area contributed by atoms with Crippen LogP contribution < -0.4 is 0 Å². The Balaban J connectivity index is 2.17. The van der Waals surface area contributed by atoms with Gasteiger partial charge in [-0.05, 0) is 63.6 Å². The molecule has 0 unspecified atom stereocenters. The maximum Gasteiger partial charge on any atom is 0.0746 e. The molecule has 23 heavy (non-hydrogen) atoms. The van der Waals surface area contributed by atoms with Crippen molar-refractivity contribution in [2.24, 2.45) is 0 Å². The van der Waals surface area contributed by atoms with Crippen molar-refractivity contribution in [3.8, 4) is 11.1 Å². The molecule has 0 radical (unpaired) electrons. The van der Waals surface area contributed by atoms with Gasteiger partial charge in [0.1, 0.15) is 0 Å². The molecular formula is C19H24N4. The van der Waals surface area contributed by atoms with Crippen LogP contribution in [0.25, 0.3) is 22.0 Å². The molecule has 0 amide bonds. The first-order valence-corrected chi connectivity index (χ1v) is 7.86. The van der Waals surface area contributed by atoms with Crippen molar-refractivity contribution < 1.29 is 0 Å². The summed E-state index contributed by atoms with van der Waals surface area (Å²) in [6, 6.07) is 10.9. The molecule has 0 saturated carbocycles. The highest BCUT2D eigenvalue weighted by molar-refractivity contribution is 5.88. The molecule has 4 nitrogen and oxygen atoms in total. The van der Waals surface area contributed by atoms with E-state index in [0.29, 0.717) is 0 Å². The van der Waals surface area contributed by atoms with Crippen molar-refractivity contribution >= 4 is 10.9 Å². The second-order valence-corrected chi connectivity index (χ2v) is 6.55. The number of hydrogen-bond acceptors (Lipinski definition) is 3. The third-order valence-electron chi connectivity index (χ3n) is 3.89. The molecule has 1 aromatic carbocycles. The van der Waals surface area contributed by atoms with Crippen LogP contribution in [-0.2, 0) is 13.2 Å². The summed E-state index contributed by atoms with van der Waals surface area (Å²) in [6.07, 6.45) is 5.92. The molecule has 0 aliphatic carbocycles. The Bertz CT molecular complexity index is 788. The zero-order chi connectivity index (χ0) is 16.4. The summed E-state index contributed by atoms with van der Waals surface area (Å²) in [5.41, 5.74) is 5.01. The SMILES string of the molecule is CN(C)Cc1cc(-c2cccnc2)cc2c1ccn2CN(C)C. The van der Waals surface area contributed by atoms with Crippen LogP contribution in [0, 0.1) is 0 Å². The van der Waals surface area contributed by atoms with E-state index in [2.05, 4.69) is 78.0 Å². The first-order valence-electron chi connectivity index (χ1n) is 7.86. The predicted molar refractivity (Wildman–Crippen MR) is 96.2 cm³/mol. The average molecular weight is 308 g/mol. The van der Waals surface area contributed by atoms with E-state index >= 15 is 0 Å². The van der Waals surface area contributed by atoms with Gasteiger partial charge in [-0.15, -0.1) is 0 Å². The molecule has 0 fully saturated rings. The van der Waals surface area contributed by atoms with Gasteiger partial charge in [0.05, 0.1) is 12.2 Å². The Labute approximate surface area is 138 Å². The number of pyridine rings is 1. The number of nitrogens with zero attached hydrogens (tertiary/aromatic N) is 4. The lowest BCUT2D eigenvalue weighted by atomic mass is 10.0. The first kappa shape index (κ1) is 15.7. The number of hydrogen-bond donors (Lipinski definition) is 0. The van der Waals surface area contributed by atoms with Crippen molar-refractivity contribution in [1.82, 2.24) is 19.4 Å². The lowest BCUT2D eigenvalue weighted by molar-refractivity contribution is 0.332. The van der Waals surface area contributed by atoms with Gasteiger partial charge in [0, 0.05) is 36.1 Å². The molecule has 0 bridgehead atoms. The fourth-order valence-electron chi connectivity index (χ4n) is 2.97. The fraction of sp³-hybridized carbons (Fsp3) is 0.316. The maximum atomic E-state index is 4.26. The standard InChI is InChI=1S/C19H24N4/c1-21(2)13-17-10-16(15-6-5-8-20-12-15)11-19-18(17)7-9-23(19)14-22(3)4/h5-12H,13-14H2,1-4H3. The summed E-state index contributed by atoms with van der Waals surface area (Å²) in [5.74, 6) is 0. The molecule has 0 saturated heterocycles. The van der Waals surface area contributed by atoms with Crippen LogP contribution >= 0.6 is 0 Å². The Kier molecular flexibility index (Phi) is 4.46. The Morgan fingerprint density at radius 3 is 2.48 bits per heavy atom. The Morgan fingerprint density at radius 1 is 1.00 bits per heavy atom. The summed E-state index contributed by atoms with van der Waals surface area (Å²) in [6.45, 7) is 1.80. The summed E-state index contributed by atoms with van der Waals surface area (Å²) >= 11 is 0. The van der Waals surface area contributed by atoms with Gasteiger partial charge in [-0.1, -0.05) is 6.07 Å². The minimum absolute atomic E-state index is 0.876. The molecule has 0 N–H and O–H groups in total. The van der Waals surface area contributed by atoms with E-state index in [9.17, 15) is 0 Å². The molecule has 2 aromatic heterocycles. The molecule has 0 aliphatic rings. The van der Waals surface area contributed by atoms with Gasteiger partial charge in [-0.25, -0.2) is 0 Å². The van der Waals surface area contributed by atoms with Gasteiger partial charge in [0.15, 0.2) is 0 Å². The van der Waals surface area contributed by atoms with E-state index in [4.69, 9.17) is 0 Å². The van der Waals surface area contributed by atoms with Crippen LogP contribution in [0.4, 0.5) is 0 Å². The number of fused-ring (bicyclic) bond motifs is 1. The van der Waals surface area contributed by atoms with Crippen molar-refractivity contribution in [3.63, 3.8) is 0 Å². The van der Waals surface area contributed by atoms with Crippen molar-refractivity contribution in [1.29, 1.82) is 0 Å². The van der Waals surface area contributed by atoms with Crippen LogP contribution in [-0.4, -0.2) is 47.5 Å². The first-order chi connectivity index (χ1) is 11.0. The molecule has 0 spiro atoms. The van der Waals surface area contributed by atoms with Crippen LogP contribution in [0.2, 0.25) is 0 Å². The Morgan fingerprint density at radius 2 is 1.83 bits per heavy atom. The zero-order valence-corrected chi connectivity index (χ0v) is 14.3. The lowest BCUT2D eigenvalue weighted by Crippen LogP contribution is -2.16. The highest BCUT2D eigenvalue weighted by atomic mass is 15.2. The van der Waals surface area contributed by atoms with Gasteiger partial charge in [-0.3, -0.25) is 9.88 Å².